The van der Waals surface area contributed by atoms with Crippen LogP contribution in [0.15, 0.2) is 57.5 Å². The van der Waals surface area contributed by atoms with Crippen LogP contribution in [0.3, 0.4) is 0 Å². The highest BCUT2D eigenvalue weighted by atomic mass is 79.9. The Bertz CT molecular complexity index is 719. The molecule has 134 valence electrons. The summed E-state index contributed by atoms with van der Waals surface area (Å²) < 4.78 is 11.1. The maximum atomic E-state index is 11.1. The van der Waals surface area contributed by atoms with Crippen molar-refractivity contribution in [1.29, 1.82) is 0 Å². The van der Waals surface area contributed by atoms with E-state index in [1.54, 1.807) is 0 Å². The number of ether oxygens (including phenoxy) is 2. The molecule has 0 aromatic heterocycles. The molecule has 0 aliphatic rings. The van der Waals surface area contributed by atoms with E-state index in [0.717, 1.165) is 20.1 Å². The lowest BCUT2D eigenvalue weighted by molar-refractivity contribution is -0.140. The molecule has 0 radical (unpaired) electrons. The number of hydrogen-bond donors (Lipinski definition) is 0. The highest BCUT2D eigenvalue weighted by Gasteiger charge is 2.17. The predicted octanol–water partition coefficient (Wildman–Crippen LogP) is 5.22. The van der Waals surface area contributed by atoms with Gasteiger partial charge in [-0.15, -0.1) is 0 Å². The van der Waals surface area contributed by atoms with E-state index in [1.165, 1.54) is 14.2 Å². The second-order valence-electron chi connectivity index (χ2n) is 4.82. The second kappa shape index (κ2) is 11.4. The van der Waals surface area contributed by atoms with E-state index in [9.17, 15) is 9.59 Å². The average Bonchev–Trinajstić information content (AvgIpc) is 2.61. The van der Waals surface area contributed by atoms with Crippen LogP contribution in [0.25, 0.3) is 0 Å². The van der Waals surface area contributed by atoms with E-state index in [1.807, 2.05) is 48.5 Å². The molecule has 0 fully saturated rings. The summed E-state index contributed by atoms with van der Waals surface area (Å²) in [6.45, 7) is 0. The monoisotopic (exact) mass is 534 g/mol. The molecule has 25 heavy (non-hydrogen) atoms. The summed E-state index contributed by atoms with van der Waals surface area (Å²) in [6, 6.07) is 15.1. The lowest BCUT2D eigenvalue weighted by Crippen LogP contribution is -2.07. The third-order valence-electron chi connectivity index (χ3n) is 3.01. The van der Waals surface area contributed by atoms with E-state index >= 15 is 0 Å². The Balaban J connectivity index is 0.000000251. The molecule has 4 nitrogen and oxygen atoms in total. The second-order valence-corrected chi connectivity index (χ2v) is 7.57. The van der Waals surface area contributed by atoms with Crippen LogP contribution in [-0.2, 0) is 25.5 Å². The molecule has 1 atom stereocenters. The SMILES string of the molecule is COC(=O)C(Br)c1cccc(Br)c1.COC(=O)Cc1cccc(Br)c1. The zero-order valence-corrected chi connectivity index (χ0v) is 18.4. The van der Waals surface area contributed by atoms with Gasteiger partial charge in [0, 0.05) is 8.95 Å². The van der Waals surface area contributed by atoms with Gasteiger partial charge in [0.2, 0.25) is 0 Å². The van der Waals surface area contributed by atoms with E-state index in [4.69, 9.17) is 0 Å². The van der Waals surface area contributed by atoms with Crippen molar-refractivity contribution < 1.29 is 19.1 Å². The number of esters is 2. The number of halogens is 3. The summed E-state index contributed by atoms with van der Waals surface area (Å²) in [5.74, 6) is -0.508. The van der Waals surface area contributed by atoms with Crippen molar-refractivity contribution in [1.82, 2.24) is 0 Å². The van der Waals surface area contributed by atoms with Crippen molar-refractivity contribution in [3.8, 4) is 0 Å². The first-order valence-electron chi connectivity index (χ1n) is 7.16. The van der Waals surface area contributed by atoms with Crippen LogP contribution >= 0.6 is 47.8 Å². The van der Waals surface area contributed by atoms with Gasteiger partial charge in [-0.05, 0) is 35.4 Å². The molecule has 0 spiro atoms. The number of rotatable bonds is 4. The number of benzene rings is 2. The van der Waals surface area contributed by atoms with Crippen molar-refractivity contribution in [3.63, 3.8) is 0 Å². The Labute approximate surface area is 172 Å². The molecule has 0 saturated carbocycles. The smallest absolute Gasteiger partial charge is 0.323 e. The first-order valence-corrected chi connectivity index (χ1v) is 9.66. The van der Waals surface area contributed by atoms with Crippen molar-refractivity contribution in [2.24, 2.45) is 0 Å². The maximum Gasteiger partial charge on any atom is 0.323 e. The van der Waals surface area contributed by atoms with Gasteiger partial charge >= 0.3 is 11.9 Å². The molecule has 0 saturated heterocycles. The van der Waals surface area contributed by atoms with Crippen molar-refractivity contribution in [2.45, 2.75) is 11.2 Å². The zero-order chi connectivity index (χ0) is 18.8. The minimum Gasteiger partial charge on any atom is -0.469 e. The first-order chi connectivity index (χ1) is 11.9. The minimum absolute atomic E-state index is 0.215. The quantitative estimate of drug-likeness (QED) is 0.397. The third kappa shape index (κ3) is 8.16. The van der Waals surface area contributed by atoms with Crippen molar-refractivity contribution in [2.75, 3.05) is 14.2 Å². The van der Waals surface area contributed by atoms with E-state index in [-0.39, 0.29) is 11.9 Å². The van der Waals surface area contributed by atoms with Crippen LogP contribution in [0.2, 0.25) is 0 Å². The van der Waals surface area contributed by atoms with Gasteiger partial charge in [-0.1, -0.05) is 72.1 Å². The van der Waals surface area contributed by atoms with Crippen LogP contribution in [0.1, 0.15) is 16.0 Å². The summed E-state index contributed by atoms with van der Waals surface area (Å²) in [7, 11) is 2.76. The number of methoxy groups -OCH3 is 2. The van der Waals surface area contributed by atoms with Crippen LogP contribution in [-0.4, -0.2) is 26.2 Å². The number of hydrogen-bond acceptors (Lipinski definition) is 4. The van der Waals surface area contributed by atoms with E-state index < -0.39 is 4.83 Å². The summed E-state index contributed by atoms with van der Waals surface area (Å²) in [4.78, 5) is 21.6. The Hall–Kier alpha value is -1.18. The fraction of sp³-hybridized carbons (Fsp3) is 0.222. The van der Waals surface area contributed by atoms with Crippen LogP contribution in [0.5, 0.6) is 0 Å². The molecule has 7 heteroatoms. The van der Waals surface area contributed by atoms with Crippen molar-refractivity contribution in [3.05, 3.63) is 68.6 Å². The summed E-state index contributed by atoms with van der Waals surface area (Å²) in [5.41, 5.74) is 1.83. The number of carbonyl (C=O) groups excluding carboxylic acids is 2. The standard InChI is InChI=1S/C9H8Br2O2.C9H9BrO2/c1-13-9(12)8(11)6-3-2-4-7(10)5-6;1-12-9(11)6-7-3-2-4-8(10)5-7/h2-5,8H,1H3;2-5H,6H2,1H3. The molecule has 0 amide bonds. The van der Waals surface area contributed by atoms with Crippen molar-refractivity contribution >= 4 is 59.7 Å². The average molecular weight is 537 g/mol. The largest absolute Gasteiger partial charge is 0.469 e. The molecule has 1 unspecified atom stereocenters. The van der Waals surface area contributed by atoms with Crippen LogP contribution < -0.4 is 0 Å². The van der Waals surface area contributed by atoms with Gasteiger partial charge in [-0.25, -0.2) is 0 Å². The summed E-state index contributed by atoms with van der Waals surface area (Å²) in [6.07, 6.45) is 0.329. The molecule has 0 heterocycles. The van der Waals surface area contributed by atoms with Gasteiger partial charge in [0.25, 0.3) is 0 Å². The van der Waals surface area contributed by atoms with Gasteiger partial charge in [0.15, 0.2) is 0 Å². The van der Waals surface area contributed by atoms with Gasteiger partial charge < -0.3 is 9.47 Å². The molecule has 0 aliphatic heterocycles. The fourth-order valence-corrected chi connectivity index (χ4v) is 3.12. The highest BCUT2D eigenvalue weighted by molar-refractivity contribution is 9.11. The normalized spacial score (nSPS) is 10.9. The van der Waals surface area contributed by atoms with Gasteiger partial charge in [-0.2, -0.15) is 0 Å². The number of alkyl halides is 1. The Morgan fingerprint density at radius 3 is 2.08 bits per heavy atom. The van der Waals surface area contributed by atoms with Gasteiger partial charge in [0.1, 0.15) is 4.83 Å². The predicted molar refractivity (Wildman–Crippen MR) is 108 cm³/mol. The Morgan fingerprint density at radius 2 is 1.56 bits per heavy atom. The van der Waals surface area contributed by atoms with E-state index in [2.05, 4.69) is 57.3 Å². The molecular formula is C18H17Br3O4. The molecule has 2 aromatic rings. The molecule has 0 aliphatic carbocycles. The van der Waals surface area contributed by atoms with Gasteiger partial charge in [-0.3, -0.25) is 9.59 Å². The first kappa shape index (κ1) is 21.9. The molecule has 2 aromatic carbocycles. The molecule has 0 bridgehead atoms. The fourth-order valence-electron chi connectivity index (χ4n) is 1.79. The maximum absolute atomic E-state index is 11.1. The molecule has 2 rings (SSSR count). The lowest BCUT2D eigenvalue weighted by Gasteiger charge is -2.07. The Kier molecular flexibility index (Phi) is 10.0. The zero-order valence-electron chi connectivity index (χ0n) is 13.7. The van der Waals surface area contributed by atoms with Crippen LogP contribution in [0, 0.1) is 0 Å². The molecule has 0 N–H and O–H groups in total. The third-order valence-corrected chi connectivity index (χ3v) is 4.90. The van der Waals surface area contributed by atoms with E-state index in [0.29, 0.717) is 6.42 Å². The summed E-state index contributed by atoms with van der Waals surface area (Å²) in [5, 5.41) is 0. The van der Waals surface area contributed by atoms with Crippen LogP contribution in [0.4, 0.5) is 0 Å². The molecular weight excluding hydrogens is 520 g/mol. The minimum atomic E-state index is -0.394. The lowest BCUT2D eigenvalue weighted by atomic mass is 10.1. The highest BCUT2D eigenvalue weighted by Crippen LogP contribution is 2.26. The summed E-state index contributed by atoms with van der Waals surface area (Å²) >= 11 is 9.90. The number of carbonyl (C=O) groups is 2. The Morgan fingerprint density at radius 1 is 0.960 bits per heavy atom. The van der Waals surface area contributed by atoms with Gasteiger partial charge in [0.05, 0.1) is 20.6 Å². The topological polar surface area (TPSA) is 52.6 Å².